The molecule has 0 saturated carbocycles. The Morgan fingerprint density at radius 3 is 2.31 bits per heavy atom. The highest BCUT2D eigenvalue weighted by Crippen LogP contribution is 2.23. The molecule has 0 unspecified atom stereocenters. The van der Waals surface area contributed by atoms with E-state index >= 15 is 0 Å². The van der Waals surface area contributed by atoms with Crippen LogP contribution in [0.25, 0.3) is 0 Å². The normalized spacial score (nSPS) is 11.8. The molecule has 0 aromatic heterocycles. The third kappa shape index (κ3) is 3.64. The molecule has 1 aromatic rings. The minimum absolute atomic E-state index is 0.0990. The van der Waals surface area contributed by atoms with Crippen LogP contribution in [0.1, 0.15) is 38.3 Å². The van der Waals surface area contributed by atoms with E-state index in [9.17, 15) is 0 Å². The molecule has 0 heterocycles. The Morgan fingerprint density at radius 2 is 1.81 bits per heavy atom. The zero-order valence-electron chi connectivity index (χ0n) is 10.9. The van der Waals surface area contributed by atoms with Crippen molar-refractivity contribution in [3.8, 4) is 0 Å². The standard InChI is InChI=1S/C15H23O/c1-5-6-7-13-8-10-14(11-9-13)15(2,3)12-16-4/h6,8-11H,5,7,12H2,1-4H3. The van der Waals surface area contributed by atoms with Crippen molar-refractivity contribution in [2.24, 2.45) is 0 Å². The number of methoxy groups -OCH3 is 1. The zero-order valence-corrected chi connectivity index (χ0v) is 10.9. The first-order valence-electron chi connectivity index (χ1n) is 6.00. The summed E-state index contributed by atoms with van der Waals surface area (Å²) in [6, 6.07) is 8.88. The molecule has 16 heavy (non-hydrogen) atoms. The molecule has 0 aliphatic carbocycles. The quantitative estimate of drug-likeness (QED) is 0.707. The molecule has 1 rings (SSSR count). The largest absolute Gasteiger partial charge is 0.384 e. The van der Waals surface area contributed by atoms with E-state index in [4.69, 9.17) is 4.74 Å². The summed E-state index contributed by atoms with van der Waals surface area (Å²) in [7, 11) is 1.76. The van der Waals surface area contributed by atoms with Crippen LogP contribution in [0.2, 0.25) is 0 Å². The van der Waals surface area contributed by atoms with Gasteiger partial charge < -0.3 is 4.74 Å². The third-order valence-corrected chi connectivity index (χ3v) is 2.91. The summed E-state index contributed by atoms with van der Waals surface area (Å²) in [6.07, 6.45) is 4.51. The lowest BCUT2D eigenvalue weighted by molar-refractivity contribution is 0.146. The molecular weight excluding hydrogens is 196 g/mol. The smallest absolute Gasteiger partial charge is 0.0553 e. The van der Waals surface area contributed by atoms with Gasteiger partial charge in [0.1, 0.15) is 0 Å². The summed E-state index contributed by atoms with van der Waals surface area (Å²) in [6.45, 7) is 7.36. The van der Waals surface area contributed by atoms with Crippen LogP contribution < -0.4 is 0 Å². The number of hydrogen-bond acceptors (Lipinski definition) is 1. The Morgan fingerprint density at radius 1 is 1.19 bits per heavy atom. The van der Waals surface area contributed by atoms with Crippen LogP contribution in [0.5, 0.6) is 0 Å². The average molecular weight is 219 g/mol. The van der Waals surface area contributed by atoms with Crippen LogP contribution in [0.3, 0.4) is 0 Å². The van der Waals surface area contributed by atoms with Crippen LogP contribution in [0, 0.1) is 6.42 Å². The van der Waals surface area contributed by atoms with Gasteiger partial charge in [0.05, 0.1) is 6.61 Å². The van der Waals surface area contributed by atoms with Gasteiger partial charge in [-0.3, -0.25) is 0 Å². The van der Waals surface area contributed by atoms with Gasteiger partial charge in [-0.25, -0.2) is 0 Å². The maximum Gasteiger partial charge on any atom is 0.0553 e. The van der Waals surface area contributed by atoms with Gasteiger partial charge in [-0.2, -0.15) is 0 Å². The molecule has 0 bridgehead atoms. The van der Waals surface area contributed by atoms with E-state index in [1.165, 1.54) is 11.1 Å². The van der Waals surface area contributed by atoms with Gasteiger partial charge in [-0.15, -0.1) is 0 Å². The maximum absolute atomic E-state index is 5.25. The highest BCUT2D eigenvalue weighted by Gasteiger charge is 2.19. The fraction of sp³-hybridized carbons (Fsp3) is 0.533. The summed E-state index contributed by atoms with van der Waals surface area (Å²) in [5, 5.41) is 0. The number of rotatable bonds is 6. The first kappa shape index (κ1) is 13.2. The number of ether oxygens (including phenoxy) is 1. The van der Waals surface area contributed by atoms with Gasteiger partial charge in [0.2, 0.25) is 0 Å². The summed E-state index contributed by atoms with van der Waals surface area (Å²) < 4.78 is 5.25. The maximum atomic E-state index is 5.25. The highest BCUT2D eigenvalue weighted by molar-refractivity contribution is 5.28. The van der Waals surface area contributed by atoms with Gasteiger partial charge in [0, 0.05) is 12.5 Å². The lowest BCUT2D eigenvalue weighted by Gasteiger charge is -2.24. The first-order valence-corrected chi connectivity index (χ1v) is 6.00. The lowest BCUT2D eigenvalue weighted by Crippen LogP contribution is -2.23. The van der Waals surface area contributed by atoms with Gasteiger partial charge in [-0.1, -0.05) is 51.5 Å². The molecule has 1 radical (unpaired) electrons. The molecular formula is C15H23O. The Labute approximate surface area is 99.8 Å². The SMILES string of the molecule is CC[CH]Cc1ccc(C(C)(C)COC)cc1. The van der Waals surface area contributed by atoms with Crippen molar-refractivity contribution < 1.29 is 4.74 Å². The number of hydrogen-bond donors (Lipinski definition) is 0. The fourth-order valence-corrected chi connectivity index (χ4v) is 1.85. The van der Waals surface area contributed by atoms with Crippen LogP contribution in [0.4, 0.5) is 0 Å². The van der Waals surface area contributed by atoms with Crippen molar-refractivity contribution >= 4 is 0 Å². The van der Waals surface area contributed by atoms with Crippen molar-refractivity contribution in [2.75, 3.05) is 13.7 Å². The van der Waals surface area contributed by atoms with Crippen LogP contribution in [-0.2, 0) is 16.6 Å². The van der Waals surface area contributed by atoms with Crippen molar-refractivity contribution in [1.82, 2.24) is 0 Å². The molecule has 0 spiro atoms. The van der Waals surface area contributed by atoms with Gasteiger partial charge in [0.15, 0.2) is 0 Å². The molecule has 0 saturated heterocycles. The molecule has 0 aliphatic rings. The van der Waals surface area contributed by atoms with Gasteiger partial charge in [0.25, 0.3) is 0 Å². The van der Waals surface area contributed by atoms with Crippen molar-refractivity contribution in [1.29, 1.82) is 0 Å². The molecule has 0 aliphatic heterocycles. The van der Waals surface area contributed by atoms with Crippen molar-refractivity contribution in [2.45, 2.75) is 39.0 Å². The highest BCUT2D eigenvalue weighted by atomic mass is 16.5. The molecule has 0 fully saturated rings. The predicted molar refractivity (Wildman–Crippen MR) is 69.6 cm³/mol. The van der Waals surface area contributed by atoms with E-state index in [0.717, 1.165) is 19.4 Å². The molecule has 0 atom stereocenters. The molecule has 0 N–H and O–H groups in total. The van der Waals surface area contributed by atoms with E-state index in [1.807, 2.05) is 0 Å². The third-order valence-electron chi connectivity index (χ3n) is 2.91. The summed E-state index contributed by atoms with van der Waals surface area (Å²) in [5.74, 6) is 0. The van der Waals surface area contributed by atoms with Crippen LogP contribution in [-0.4, -0.2) is 13.7 Å². The second kappa shape index (κ2) is 6.05. The fourth-order valence-electron chi connectivity index (χ4n) is 1.85. The zero-order chi connectivity index (χ0) is 12.0. The van der Waals surface area contributed by atoms with Gasteiger partial charge >= 0.3 is 0 Å². The second-order valence-corrected chi connectivity index (χ2v) is 4.91. The first-order chi connectivity index (χ1) is 7.60. The van der Waals surface area contributed by atoms with E-state index in [-0.39, 0.29) is 5.41 Å². The minimum Gasteiger partial charge on any atom is -0.384 e. The summed E-state index contributed by atoms with van der Waals surface area (Å²) in [5.41, 5.74) is 2.83. The van der Waals surface area contributed by atoms with Crippen molar-refractivity contribution in [3.05, 3.63) is 41.8 Å². The topological polar surface area (TPSA) is 9.23 Å². The predicted octanol–water partition coefficient (Wildman–Crippen LogP) is 3.77. The molecule has 0 amide bonds. The molecule has 1 aromatic carbocycles. The molecule has 1 heteroatoms. The number of benzene rings is 1. The average Bonchev–Trinajstić information content (AvgIpc) is 2.27. The van der Waals surface area contributed by atoms with Crippen molar-refractivity contribution in [3.63, 3.8) is 0 Å². The molecule has 89 valence electrons. The van der Waals surface area contributed by atoms with E-state index in [1.54, 1.807) is 7.11 Å². The summed E-state index contributed by atoms with van der Waals surface area (Å²) in [4.78, 5) is 0. The Balaban J connectivity index is 2.70. The second-order valence-electron chi connectivity index (χ2n) is 4.91. The lowest BCUT2D eigenvalue weighted by atomic mass is 9.85. The van der Waals surface area contributed by atoms with E-state index in [0.29, 0.717) is 0 Å². The number of unbranched alkanes of at least 4 members (excludes halogenated alkanes) is 1. The summed E-state index contributed by atoms with van der Waals surface area (Å²) >= 11 is 0. The minimum atomic E-state index is 0.0990. The van der Waals surface area contributed by atoms with Gasteiger partial charge in [-0.05, 0) is 24.0 Å². The Kier molecular flexibility index (Phi) is 5.01. The van der Waals surface area contributed by atoms with E-state index in [2.05, 4.69) is 51.5 Å². The van der Waals surface area contributed by atoms with Crippen LogP contribution >= 0.6 is 0 Å². The Bertz CT molecular complexity index is 298. The van der Waals surface area contributed by atoms with E-state index < -0.39 is 0 Å². The molecule has 1 nitrogen and oxygen atoms in total. The monoisotopic (exact) mass is 219 g/mol. The Hall–Kier alpha value is -0.820. The van der Waals surface area contributed by atoms with Crippen LogP contribution in [0.15, 0.2) is 24.3 Å².